The van der Waals surface area contributed by atoms with Gasteiger partial charge >= 0.3 is 0 Å². The maximum Gasteiger partial charge on any atom is 0.0453 e. The van der Waals surface area contributed by atoms with E-state index in [1.54, 1.807) is 0 Å². The van der Waals surface area contributed by atoms with Crippen molar-refractivity contribution in [1.29, 1.82) is 0 Å². The maximum atomic E-state index is 6.26. The molecule has 2 nitrogen and oxygen atoms in total. The summed E-state index contributed by atoms with van der Waals surface area (Å²) in [6, 6.07) is 14.1. The van der Waals surface area contributed by atoms with Crippen molar-refractivity contribution < 1.29 is 0 Å². The normalized spacial score (nSPS) is 10.9. The van der Waals surface area contributed by atoms with Crippen LogP contribution < -0.4 is 5.73 Å². The lowest BCUT2D eigenvalue weighted by atomic mass is 10.1. The van der Waals surface area contributed by atoms with Crippen molar-refractivity contribution in [2.75, 3.05) is 12.8 Å². The lowest BCUT2D eigenvalue weighted by molar-refractivity contribution is 0.319. The molecule has 19 heavy (non-hydrogen) atoms. The van der Waals surface area contributed by atoms with Gasteiger partial charge in [-0.25, -0.2) is 0 Å². The number of nitrogens with two attached hydrogens (primary N) is 1. The summed E-state index contributed by atoms with van der Waals surface area (Å²) in [5.74, 6) is 0. The Morgan fingerprint density at radius 3 is 2.42 bits per heavy atom. The molecule has 0 aromatic heterocycles. The van der Waals surface area contributed by atoms with Crippen LogP contribution in [0.15, 0.2) is 42.5 Å². The second kappa shape index (κ2) is 6.09. The molecule has 100 valence electrons. The minimum absolute atomic E-state index is 0.813. The van der Waals surface area contributed by atoms with Gasteiger partial charge in [0.1, 0.15) is 0 Å². The van der Waals surface area contributed by atoms with E-state index in [0.29, 0.717) is 0 Å². The summed E-state index contributed by atoms with van der Waals surface area (Å²) in [4.78, 5) is 2.21. The second-order valence-corrected chi connectivity index (χ2v) is 5.37. The van der Waals surface area contributed by atoms with Crippen LogP contribution >= 0.6 is 11.6 Å². The van der Waals surface area contributed by atoms with E-state index >= 15 is 0 Å². The Labute approximate surface area is 119 Å². The molecule has 2 N–H and O–H groups in total. The molecule has 0 fully saturated rings. The molecule has 0 atom stereocenters. The van der Waals surface area contributed by atoms with Gasteiger partial charge in [0.2, 0.25) is 0 Å². The molecular formula is C16H19ClN2. The van der Waals surface area contributed by atoms with Gasteiger partial charge in [-0.1, -0.05) is 41.9 Å². The van der Waals surface area contributed by atoms with Crippen LogP contribution in [0.4, 0.5) is 5.69 Å². The van der Waals surface area contributed by atoms with Crippen LogP contribution in [0.5, 0.6) is 0 Å². The lowest BCUT2D eigenvalue weighted by Gasteiger charge is -2.18. The van der Waals surface area contributed by atoms with Gasteiger partial charge in [-0.2, -0.15) is 0 Å². The molecule has 0 aliphatic rings. The molecule has 2 aromatic carbocycles. The van der Waals surface area contributed by atoms with Crippen molar-refractivity contribution in [2.45, 2.75) is 20.0 Å². The summed E-state index contributed by atoms with van der Waals surface area (Å²) in [6.07, 6.45) is 0. The first-order chi connectivity index (χ1) is 9.06. The van der Waals surface area contributed by atoms with Gasteiger partial charge in [0.05, 0.1) is 0 Å². The quantitative estimate of drug-likeness (QED) is 0.858. The Morgan fingerprint density at radius 1 is 1.05 bits per heavy atom. The van der Waals surface area contributed by atoms with Crippen LogP contribution in [-0.2, 0) is 13.1 Å². The Kier molecular flexibility index (Phi) is 4.46. The number of para-hydroxylation sites is 1. The number of nitrogens with zero attached hydrogens (tertiary/aromatic N) is 1. The van der Waals surface area contributed by atoms with Crippen molar-refractivity contribution >= 4 is 17.3 Å². The molecular weight excluding hydrogens is 256 g/mol. The standard InChI is InChI=1S/C16H19ClN2/c1-12-7-8-13(15(17)9-12)10-19(2)11-14-5-3-4-6-16(14)18/h3-9H,10-11,18H2,1-2H3. The molecule has 0 spiro atoms. The van der Waals surface area contributed by atoms with Crippen LogP contribution in [0.1, 0.15) is 16.7 Å². The van der Waals surface area contributed by atoms with E-state index in [2.05, 4.69) is 30.1 Å². The number of halogens is 1. The SMILES string of the molecule is Cc1ccc(CN(C)Cc2ccccc2N)c(Cl)c1. The van der Waals surface area contributed by atoms with Gasteiger partial charge in [0, 0.05) is 23.8 Å². The van der Waals surface area contributed by atoms with E-state index in [-0.39, 0.29) is 0 Å². The Balaban J connectivity index is 2.05. The van der Waals surface area contributed by atoms with E-state index in [9.17, 15) is 0 Å². The highest BCUT2D eigenvalue weighted by Gasteiger charge is 2.07. The first-order valence-electron chi connectivity index (χ1n) is 6.33. The molecule has 0 radical (unpaired) electrons. The third-order valence-electron chi connectivity index (χ3n) is 3.14. The van der Waals surface area contributed by atoms with E-state index in [1.165, 1.54) is 5.56 Å². The van der Waals surface area contributed by atoms with Crippen molar-refractivity contribution in [3.63, 3.8) is 0 Å². The maximum absolute atomic E-state index is 6.26. The second-order valence-electron chi connectivity index (χ2n) is 4.97. The van der Waals surface area contributed by atoms with E-state index in [0.717, 1.165) is 34.9 Å². The van der Waals surface area contributed by atoms with Gasteiger partial charge in [-0.15, -0.1) is 0 Å². The minimum Gasteiger partial charge on any atom is -0.398 e. The largest absolute Gasteiger partial charge is 0.398 e. The first-order valence-corrected chi connectivity index (χ1v) is 6.71. The number of nitrogen functional groups attached to an aromatic ring is 1. The summed E-state index contributed by atoms with van der Waals surface area (Å²) in [5, 5.41) is 0.827. The molecule has 0 aliphatic heterocycles. The predicted octanol–water partition coefficient (Wildman–Crippen LogP) is 3.86. The molecule has 0 bridgehead atoms. The highest BCUT2D eigenvalue weighted by Crippen LogP contribution is 2.20. The number of hydrogen-bond donors (Lipinski definition) is 1. The topological polar surface area (TPSA) is 29.3 Å². The Bertz CT molecular complexity index is 566. The summed E-state index contributed by atoms with van der Waals surface area (Å²) in [6.45, 7) is 3.67. The molecule has 0 amide bonds. The summed E-state index contributed by atoms with van der Waals surface area (Å²) in [7, 11) is 2.07. The molecule has 0 aliphatic carbocycles. The van der Waals surface area contributed by atoms with Gasteiger partial charge in [-0.05, 0) is 42.8 Å². The zero-order chi connectivity index (χ0) is 13.8. The van der Waals surface area contributed by atoms with Gasteiger partial charge in [0.15, 0.2) is 0 Å². The zero-order valence-corrected chi connectivity index (χ0v) is 12.1. The fourth-order valence-corrected chi connectivity index (χ4v) is 2.39. The summed E-state index contributed by atoms with van der Waals surface area (Å²) >= 11 is 6.26. The first kappa shape index (κ1) is 13.9. The van der Waals surface area contributed by atoms with Crippen molar-refractivity contribution in [1.82, 2.24) is 4.90 Å². The summed E-state index contributed by atoms with van der Waals surface area (Å²) < 4.78 is 0. The molecule has 2 aromatic rings. The summed E-state index contributed by atoms with van der Waals surface area (Å²) in [5.41, 5.74) is 10.3. The monoisotopic (exact) mass is 274 g/mol. The van der Waals surface area contributed by atoms with Crippen LogP contribution in [0, 0.1) is 6.92 Å². The molecule has 0 heterocycles. The number of benzene rings is 2. The number of hydrogen-bond acceptors (Lipinski definition) is 2. The molecule has 3 heteroatoms. The third kappa shape index (κ3) is 3.72. The Hall–Kier alpha value is -1.51. The fraction of sp³-hybridized carbons (Fsp3) is 0.250. The number of anilines is 1. The predicted molar refractivity (Wildman–Crippen MR) is 82.2 cm³/mol. The van der Waals surface area contributed by atoms with Gasteiger partial charge < -0.3 is 5.73 Å². The van der Waals surface area contributed by atoms with Crippen LogP contribution in [-0.4, -0.2) is 11.9 Å². The molecule has 0 saturated carbocycles. The fourth-order valence-electron chi connectivity index (χ4n) is 2.10. The van der Waals surface area contributed by atoms with Crippen LogP contribution in [0.25, 0.3) is 0 Å². The van der Waals surface area contributed by atoms with Gasteiger partial charge in [0.25, 0.3) is 0 Å². The Morgan fingerprint density at radius 2 is 1.74 bits per heavy atom. The molecule has 2 rings (SSSR count). The van der Waals surface area contributed by atoms with Crippen molar-refractivity contribution in [3.8, 4) is 0 Å². The molecule has 0 saturated heterocycles. The highest BCUT2D eigenvalue weighted by molar-refractivity contribution is 6.31. The highest BCUT2D eigenvalue weighted by atomic mass is 35.5. The van der Waals surface area contributed by atoms with Gasteiger partial charge in [-0.3, -0.25) is 4.90 Å². The average molecular weight is 275 g/mol. The smallest absolute Gasteiger partial charge is 0.0453 e. The van der Waals surface area contributed by atoms with E-state index < -0.39 is 0 Å². The van der Waals surface area contributed by atoms with Crippen molar-refractivity contribution in [3.05, 3.63) is 64.2 Å². The molecule has 0 unspecified atom stereocenters. The average Bonchev–Trinajstić information content (AvgIpc) is 2.36. The lowest BCUT2D eigenvalue weighted by Crippen LogP contribution is -2.18. The van der Waals surface area contributed by atoms with Crippen LogP contribution in [0.3, 0.4) is 0 Å². The van der Waals surface area contributed by atoms with E-state index in [4.69, 9.17) is 17.3 Å². The van der Waals surface area contributed by atoms with Crippen molar-refractivity contribution in [2.24, 2.45) is 0 Å². The van der Waals surface area contributed by atoms with Crippen LogP contribution in [0.2, 0.25) is 5.02 Å². The number of rotatable bonds is 4. The third-order valence-corrected chi connectivity index (χ3v) is 3.50. The van der Waals surface area contributed by atoms with E-state index in [1.807, 2.05) is 31.2 Å². The zero-order valence-electron chi connectivity index (χ0n) is 11.4. The number of aryl methyl sites for hydroxylation is 1. The minimum atomic E-state index is 0.813.